The molecule has 2 atom stereocenters. The minimum atomic E-state index is -0.723. The van der Waals surface area contributed by atoms with Crippen molar-refractivity contribution in [3.05, 3.63) is 0 Å². The third kappa shape index (κ3) is 3.46. The van der Waals surface area contributed by atoms with Gasteiger partial charge < -0.3 is 15.4 Å². The summed E-state index contributed by atoms with van der Waals surface area (Å²) in [5.41, 5.74) is 5.34. The van der Waals surface area contributed by atoms with Gasteiger partial charge in [-0.15, -0.1) is 0 Å². The number of amides is 1. The Hall–Kier alpha value is -0.610. The van der Waals surface area contributed by atoms with Crippen molar-refractivity contribution in [3.8, 4) is 0 Å². The first kappa shape index (κ1) is 13.5. The van der Waals surface area contributed by atoms with Gasteiger partial charge >= 0.3 is 0 Å². The van der Waals surface area contributed by atoms with Crippen LogP contribution in [-0.4, -0.2) is 42.1 Å². The molecule has 1 heterocycles. The topological polar surface area (TPSA) is 55.6 Å². The second-order valence-electron chi connectivity index (χ2n) is 4.95. The van der Waals surface area contributed by atoms with Crippen molar-refractivity contribution in [2.24, 2.45) is 5.73 Å². The van der Waals surface area contributed by atoms with Crippen LogP contribution in [0.5, 0.6) is 0 Å². The molecule has 0 spiro atoms. The van der Waals surface area contributed by atoms with Gasteiger partial charge in [0.1, 0.15) is 0 Å². The second kappa shape index (κ2) is 5.64. The molecule has 4 heteroatoms. The summed E-state index contributed by atoms with van der Waals surface area (Å²) in [4.78, 5) is 14.1. The van der Waals surface area contributed by atoms with Gasteiger partial charge in [-0.25, -0.2) is 0 Å². The summed E-state index contributed by atoms with van der Waals surface area (Å²) in [5, 5.41) is 0. The van der Waals surface area contributed by atoms with Crippen LogP contribution in [0.3, 0.4) is 0 Å². The predicted octanol–water partition coefficient (Wildman–Crippen LogP) is 1.14. The summed E-state index contributed by atoms with van der Waals surface area (Å²) < 4.78 is 5.52. The molecule has 0 aromatic carbocycles. The summed E-state index contributed by atoms with van der Waals surface area (Å²) in [7, 11) is 0. The van der Waals surface area contributed by atoms with Crippen molar-refractivity contribution in [2.75, 3.05) is 19.7 Å². The fourth-order valence-corrected chi connectivity index (χ4v) is 2.17. The summed E-state index contributed by atoms with van der Waals surface area (Å²) in [5.74, 6) is 0.0618. The zero-order valence-electron chi connectivity index (χ0n) is 10.7. The fraction of sp³-hybridized carbons (Fsp3) is 0.917. The van der Waals surface area contributed by atoms with Crippen LogP contribution in [0.1, 0.15) is 40.0 Å². The molecule has 1 saturated heterocycles. The number of hydrogen-bond acceptors (Lipinski definition) is 3. The number of nitrogens with zero attached hydrogens (tertiary/aromatic N) is 1. The maximum atomic E-state index is 12.3. The molecule has 16 heavy (non-hydrogen) atoms. The van der Waals surface area contributed by atoms with Gasteiger partial charge in [0.15, 0.2) is 0 Å². The van der Waals surface area contributed by atoms with Gasteiger partial charge in [0.2, 0.25) is 5.91 Å². The van der Waals surface area contributed by atoms with E-state index in [-0.39, 0.29) is 12.0 Å². The normalized spacial score (nSPS) is 26.0. The van der Waals surface area contributed by atoms with Gasteiger partial charge in [-0.1, -0.05) is 13.3 Å². The summed E-state index contributed by atoms with van der Waals surface area (Å²) in [6.45, 7) is 8.04. The second-order valence-corrected chi connectivity index (χ2v) is 4.95. The van der Waals surface area contributed by atoms with E-state index in [0.29, 0.717) is 6.54 Å². The highest BCUT2D eigenvalue weighted by atomic mass is 16.5. The molecule has 0 radical (unpaired) electrons. The highest BCUT2D eigenvalue weighted by Crippen LogP contribution is 2.15. The van der Waals surface area contributed by atoms with Crippen LogP contribution in [0.25, 0.3) is 0 Å². The molecule has 0 aromatic rings. The zero-order valence-corrected chi connectivity index (χ0v) is 10.7. The molecule has 0 aromatic heterocycles. The van der Waals surface area contributed by atoms with Gasteiger partial charge in [-0.05, 0) is 26.7 Å². The van der Waals surface area contributed by atoms with E-state index >= 15 is 0 Å². The third-order valence-corrected chi connectivity index (χ3v) is 3.00. The average Bonchev–Trinajstić information content (AvgIpc) is 2.41. The van der Waals surface area contributed by atoms with Crippen molar-refractivity contribution in [1.29, 1.82) is 0 Å². The lowest BCUT2D eigenvalue weighted by Crippen LogP contribution is -2.54. The van der Waals surface area contributed by atoms with Crippen molar-refractivity contribution in [1.82, 2.24) is 4.90 Å². The lowest BCUT2D eigenvalue weighted by Gasteiger charge is -2.31. The van der Waals surface area contributed by atoms with Crippen molar-refractivity contribution in [2.45, 2.75) is 51.7 Å². The minimum Gasteiger partial charge on any atom is -0.377 e. The van der Waals surface area contributed by atoms with Gasteiger partial charge in [0.25, 0.3) is 0 Å². The summed E-state index contributed by atoms with van der Waals surface area (Å²) in [6, 6.07) is 0. The molecule has 2 unspecified atom stereocenters. The van der Waals surface area contributed by atoms with E-state index in [2.05, 4.69) is 0 Å². The Morgan fingerprint density at radius 3 is 2.94 bits per heavy atom. The van der Waals surface area contributed by atoms with Gasteiger partial charge in [-0.3, -0.25) is 4.79 Å². The highest BCUT2D eigenvalue weighted by Gasteiger charge is 2.32. The third-order valence-electron chi connectivity index (χ3n) is 3.00. The maximum absolute atomic E-state index is 12.3. The number of rotatable bonds is 3. The van der Waals surface area contributed by atoms with E-state index in [9.17, 15) is 4.79 Å². The average molecular weight is 228 g/mol. The van der Waals surface area contributed by atoms with Crippen LogP contribution in [0.2, 0.25) is 0 Å². The Balaban J connectivity index is 2.64. The molecule has 1 rings (SSSR count). The Morgan fingerprint density at radius 2 is 2.31 bits per heavy atom. The molecular formula is C12H24N2O2. The molecule has 1 amide bonds. The van der Waals surface area contributed by atoms with Crippen LogP contribution in [0.15, 0.2) is 0 Å². The number of hydrogen-bond donors (Lipinski definition) is 1. The quantitative estimate of drug-likeness (QED) is 0.788. The Labute approximate surface area is 98.1 Å². The minimum absolute atomic E-state index is 0.0618. The SMILES string of the molecule is CCCC(C)(N)C(=O)N1CCCOC(C)C1. The number of carbonyl (C=O) groups excluding carboxylic acids is 1. The van der Waals surface area contributed by atoms with E-state index in [4.69, 9.17) is 10.5 Å². The van der Waals surface area contributed by atoms with Crippen LogP contribution in [0, 0.1) is 0 Å². The van der Waals surface area contributed by atoms with Crippen molar-refractivity contribution < 1.29 is 9.53 Å². The monoisotopic (exact) mass is 228 g/mol. The highest BCUT2D eigenvalue weighted by molar-refractivity contribution is 5.85. The largest absolute Gasteiger partial charge is 0.377 e. The van der Waals surface area contributed by atoms with E-state index in [0.717, 1.165) is 32.4 Å². The summed E-state index contributed by atoms with van der Waals surface area (Å²) in [6.07, 6.45) is 2.68. The molecule has 4 nitrogen and oxygen atoms in total. The van der Waals surface area contributed by atoms with E-state index in [1.54, 1.807) is 0 Å². The summed E-state index contributed by atoms with van der Waals surface area (Å²) >= 11 is 0. The van der Waals surface area contributed by atoms with Crippen LogP contribution in [-0.2, 0) is 9.53 Å². The van der Waals surface area contributed by atoms with Crippen LogP contribution in [0.4, 0.5) is 0 Å². The smallest absolute Gasteiger partial charge is 0.242 e. The van der Waals surface area contributed by atoms with Gasteiger partial charge in [0.05, 0.1) is 11.6 Å². The molecule has 0 aliphatic carbocycles. The zero-order chi connectivity index (χ0) is 12.2. The first-order valence-electron chi connectivity index (χ1n) is 6.17. The Bertz CT molecular complexity index is 241. The van der Waals surface area contributed by atoms with Crippen molar-refractivity contribution in [3.63, 3.8) is 0 Å². The fourth-order valence-electron chi connectivity index (χ4n) is 2.17. The molecule has 94 valence electrons. The number of nitrogens with two attached hydrogens (primary N) is 1. The van der Waals surface area contributed by atoms with Crippen molar-refractivity contribution >= 4 is 5.91 Å². The standard InChI is InChI=1S/C12H24N2O2/c1-4-6-12(3,13)11(15)14-7-5-8-16-10(2)9-14/h10H,4-9,13H2,1-3H3. The van der Waals surface area contributed by atoms with E-state index < -0.39 is 5.54 Å². The number of ether oxygens (including phenoxy) is 1. The van der Waals surface area contributed by atoms with Crippen LogP contribution < -0.4 is 5.73 Å². The number of carbonyl (C=O) groups is 1. The van der Waals surface area contributed by atoms with E-state index in [1.807, 2.05) is 25.7 Å². The van der Waals surface area contributed by atoms with Gasteiger partial charge in [0, 0.05) is 19.7 Å². The predicted molar refractivity (Wildman–Crippen MR) is 64.1 cm³/mol. The molecule has 0 bridgehead atoms. The first-order valence-corrected chi connectivity index (χ1v) is 6.17. The molecule has 1 aliphatic heterocycles. The molecule has 2 N–H and O–H groups in total. The Kier molecular flexibility index (Phi) is 4.74. The van der Waals surface area contributed by atoms with Gasteiger partial charge in [-0.2, -0.15) is 0 Å². The lowest BCUT2D eigenvalue weighted by atomic mass is 9.95. The first-order chi connectivity index (χ1) is 7.47. The van der Waals surface area contributed by atoms with Crippen LogP contribution >= 0.6 is 0 Å². The molecule has 1 fully saturated rings. The van der Waals surface area contributed by atoms with E-state index in [1.165, 1.54) is 0 Å². The lowest BCUT2D eigenvalue weighted by molar-refractivity contribution is -0.137. The maximum Gasteiger partial charge on any atom is 0.242 e. The molecule has 1 aliphatic rings. The Morgan fingerprint density at radius 1 is 1.62 bits per heavy atom. The molecule has 0 saturated carbocycles. The molecular weight excluding hydrogens is 204 g/mol.